The summed E-state index contributed by atoms with van der Waals surface area (Å²) in [6.07, 6.45) is 0. The largest absolute Gasteiger partial charge is 0.479 e. The van der Waals surface area contributed by atoms with Gasteiger partial charge in [0.2, 0.25) is 0 Å². The molecule has 0 spiro atoms. The molecule has 0 bridgehead atoms. The highest BCUT2D eigenvalue weighted by atomic mass is 16.4. The summed E-state index contributed by atoms with van der Waals surface area (Å²) in [7, 11) is 0. The standard InChI is InChI=1S/C18H20N2O2/c1-18(2)12-20(15-11-7-6-10-14(15)19-18)16(17(21)22)13-8-4-3-5-9-13/h3-11,16,19H,12H2,1-2H3,(H,21,22). The lowest BCUT2D eigenvalue weighted by Crippen LogP contribution is -2.51. The maximum atomic E-state index is 12.0. The van der Waals surface area contributed by atoms with Crippen LogP contribution in [0.2, 0.25) is 0 Å². The molecule has 3 rings (SSSR count). The molecule has 1 heterocycles. The first kappa shape index (κ1) is 14.4. The van der Waals surface area contributed by atoms with Crippen LogP contribution in [0.15, 0.2) is 54.6 Å². The molecule has 22 heavy (non-hydrogen) atoms. The van der Waals surface area contributed by atoms with Crippen molar-refractivity contribution in [2.45, 2.75) is 25.4 Å². The molecule has 4 nitrogen and oxygen atoms in total. The van der Waals surface area contributed by atoms with Gasteiger partial charge >= 0.3 is 5.97 Å². The molecule has 0 aliphatic carbocycles. The number of rotatable bonds is 3. The minimum absolute atomic E-state index is 0.198. The maximum Gasteiger partial charge on any atom is 0.331 e. The number of hydrogen-bond acceptors (Lipinski definition) is 3. The third-order valence-corrected chi connectivity index (χ3v) is 3.91. The zero-order valence-corrected chi connectivity index (χ0v) is 12.8. The van der Waals surface area contributed by atoms with E-state index in [2.05, 4.69) is 19.2 Å². The van der Waals surface area contributed by atoms with Gasteiger partial charge in [-0.05, 0) is 31.5 Å². The number of carboxylic acid groups (broad SMARTS) is 1. The van der Waals surface area contributed by atoms with Gasteiger partial charge in [-0.1, -0.05) is 42.5 Å². The van der Waals surface area contributed by atoms with Gasteiger partial charge in [0.25, 0.3) is 0 Å². The summed E-state index contributed by atoms with van der Waals surface area (Å²) in [6.45, 7) is 4.79. The van der Waals surface area contributed by atoms with E-state index in [4.69, 9.17) is 0 Å². The van der Waals surface area contributed by atoms with E-state index >= 15 is 0 Å². The first-order valence-electron chi connectivity index (χ1n) is 7.39. The monoisotopic (exact) mass is 296 g/mol. The summed E-state index contributed by atoms with van der Waals surface area (Å²) < 4.78 is 0. The summed E-state index contributed by atoms with van der Waals surface area (Å²) in [5.74, 6) is -0.835. The molecule has 2 N–H and O–H groups in total. The van der Waals surface area contributed by atoms with Gasteiger partial charge in [0.15, 0.2) is 6.04 Å². The van der Waals surface area contributed by atoms with Crippen LogP contribution in [0.4, 0.5) is 11.4 Å². The SMILES string of the molecule is CC1(C)CN(C(C(=O)O)c2ccccc2)c2ccccc2N1. The number of aliphatic carboxylic acids is 1. The van der Waals surface area contributed by atoms with E-state index in [-0.39, 0.29) is 5.54 Å². The third-order valence-electron chi connectivity index (χ3n) is 3.91. The number of para-hydroxylation sites is 2. The minimum Gasteiger partial charge on any atom is -0.479 e. The predicted molar refractivity (Wildman–Crippen MR) is 88.3 cm³/mol. The second-order valence-corrected chi connectivity index (χ2v) is 6.31. The smallest absolute Gasteiger partial charge is 0.331 e. The van der Waals surface area contributed by atoms with E-state index in [0.717, 1.165) is 16.9 Å². The van der Waals surface area contributed by atoms with Crippen LogP contribution in [0.25, 0.3) is 0 Å². The molecule has 0 aromatic heterocycles. The Bertz CT molecular complexity index is 682. The highest BCUT2D eigenvalue weighted by Gasteiger charge is 2.36. The topological polar surface area (TPSA) is 52.6 Å². The molecule has 0 radical (unpaired) electrons. The Labute approximate surface area is 130 Å². The van der Waals surface area contributed by atoms with Gasteiger partial charge < -0.3 is 15.3 Å². The molecule has 1 atom stereocenters. The van der Waals surface area contributed by atoms with Gasteiger partial charge in [0, 0.05) is 12.1 Å². The van der Waals surface area contributed by atoms with Gasteiger partial charge in [-0.2, -0.15) is 0 Å². The molecule has 2 aromatic carbocycles. The number of benzene rings is 2. The van der Waals surface area contributed by atoms with Gasteiger partial charge in [-0.15, -0.1) is 0 Å². The van der Waals surface area contributed by atoms with Gasteiger partial charge in [0.1, 0.15) is 0 Å². The van der Waals surface area contributed by atoms with E-state index in [9.17, 15) is 9.90 Å². The lowest BCUT2D eigenvalue weighted by atomic mass is 9.95. The average molecular weight is 296 g/mol. The van der Waals surface area contributed by atoms with Crippen LogP contribution >= 0.6 is 0 Å². The minimum atomic E-state index is -0.835. The lowest BCUT2D eigenvalue weighted by Gasteiger charge is -2.44. The third kappa shape index (κ3) is 2.64. The van der Waals surface area contributed by atoms with Crippen molar-refractivity contribution >= 4 is 17.3 Å². The van der Waals surface area contributed by atoms with Crippen LogP contribution < -0.4 is 10.2 Å². The maximum absolute atomic E-state index is 12.0. The fraction of sp³-hybridized carbons (Fsp3) is 0.278. The Kier molecular flexibility index (Phi) is 3.53. The van der Waals surface area contributed by atoms with Crippen molar-refractivity contribution in [2.75, 3.05) is 16.8 Å². The highest BCUT2D eigenvalue weighted by Crippen LogP contribution is 2.39. The summed E-state index contributed by atoms with van der Waals surface area (Å²) in [6, 6.07) is 16.6. The predicted octanol–water partition coefficient (Wildman–Crippen LogP) is 3.52. The molecule has 1 unspecified atom stereocenters. The van der Waals surface area contributed by atoms with Crippen molar-refractivity contribution in [2.24, 2.45) is 0 Å². The first-order valence-corrected chi connectivity index (χ1v) is 7.39. The Morgan fingerprint density at radius 3 is 2.45 bits per heavy atom. The molecule has 2 aromatic rings. The van der Waals surface area contributed by atoms with Crippen LogP contribution in [0.3, 0.4) is 0 Å². The summed E-state index contributed by atoms with van der Waals surface area (Å²) in [5.41, 5.74) is 2.50. The fourth-order valence-electron chi connectivity index (χ4n) is 3.07. The number of anilines is 2. The number of fused-ring (bicyclic) bond motifs is 1. The van der Waals surface area contributed by atoms with Crippen molar-refractivity contribution in [1.29, 1.82) is 0 Å². The Morgan fingerprint density at radius 2 is 1.77 bits per heavy atom. The molecule has 1 aliphatic heterocycles. The number of carbonyl (C=O) groups is 1. The van der Waals surface area contributed by atoms with Crippen LogP contribution in [0.5, 0.6) is 0 Å². The first-order chi connectivity index (χ1) is 10.5. The molecule has 4 heteroatoms. The van der Waals surface area contributed by atoms with E-state index in [1.54, 1.807) is 0 Å². The van der Waals surface area contributed by atoms with Crippen molar-refractivity contribution < 1.29 is 9.90 Å². The Morgan fingerprint density at radius 1 is 1.14 bits per heavy atom. The van der Waals surface area contributed by atoms with Crippen LogP contribution in [-0.4, -0.2) is 23.2 Å². The Balaban J connectivity index is 2.10. The van der Waals surface area contributed by atoms with Gasteiger partial charge in [0.05, 0.1) is 11.4 Å². The van der Waals surface area contributed by atoms with Crippen LogP contribution in [-0.2, 0) is 4.79 Å². The average Bonchev–Trinajstić information content (AvgIpc) is 2.47. The molecular weight excluding hydrogens is 276 g/mol. The lowest BCUT2D eigenvalue weighted by molar-refractivity contribution is -0.138. The van der Waals surface area contributed by atoms with Crippen molar-refractivity contribution in [3.05, 3.63) is 60.2 Å². The molecule has 114 valence electrons. The zero-order valence-electron chi connectivity index (χ0n) is 12.8. The van der Waals surface area contributed by atoms with Crippen LogP contribution in [0, 0.1) is 0 Å². The summed E-state index contributed by atoms with van der Waals surface area (Å²) in [5, 5.41) is 13.3. The number of nitrogens with one attached hydrogen (secondary N) is 1. The Hall–Kier alpha value is -2.49. The quantitative estimate of drug-likeness (QED) is 0.910. The molecule has 0 saturated heterocycles. The van der Waals surface area contributed by atoms with Crippen molar-refractivity contribution in [3.63, 3.8) is 0 Å². The zero-order chi connectivity index (χ0) is 15.7. The molecule has 1 aliphatic rings. The fourth-order valence-corrected chi connectivity index (χ4v) is 3.07. The van der Waals surface area contributed by atoms with Gasteiger partial charge in [-0.25, -0.2) is 4.79 Å². The van der Waals surface area contributed by atoms with E-state index in [0.29, 0.717) is 6.54 Å². The number of nitrogens with zero attached hydrogens (tertiary/aromatic N) is 1. The second kappa shape index (κ2) is 5.37. The highest BCUT2D eigenvalue weighted by molar-refractivity contribution is 5.84. The molecule has 0 fully saturated rings. The number of hydrogen-bond donors (Lipinski definition) is 2. The normalized spacial score (nSPS) is 17.3. The van der Waals surface area contributed by atoms with Crippen LogP contribution in [0.1, 0.15) is 25.5 Å². The number of carboxylic acids is 1. The summed E-state index contributed by atoms with van der Waals surface area (Å²) >= 11 is 0. The van der Waals surface area contributed by atoms with E-state index in [1.807, 2.05) is 59.5 Å². The summed E-state index contributed by atoms with van der Waals surface area (Å²) in [4.78, 5) is 13.9. The van der Waals surface area contributed by atoms with Gasteiger partial charge in [-0.3, -0.25) is 0 Å². The van der Waals surface area contributed by atoms with Crippen molar-refractivity contribution in [1.82, 2.24) is 0 Å². The van der Waals surface area contributed by atoms with E-state index < -0.39 is 12.0 Å². The molecule has 0 amide bonds. The van der Waals surface area contributed by atoms with Crippen molar-refractivity contribution in [3.8, 4) is 0 Å². The second-order valence-electron chi connectivity index (χ2n) is 6.31. The van der Waals surface area contributed by atoms with E-state index in [1.165, 1.54) is 0 Å². The molecular formula is C18H20N2O2. The molecule has 0 saturated carbocycles.